The lowest BCUT2D eigenvalue weighted by Crippen LogP contribution is -1.99. The van der Waals surface area contributed by atoms with Crippen molar-refractivity contribution in [3.05, 3.63) is 120 Å². The number of aliphatic carboxylic acids is 1. The molecular formula is C36H24O4S5. The van der Waals surface area contributed by atoms with Crippen LogP contribution in [0.5, 0.6) is 0 Å². The van der Waals surface area contributed by atoms with E-state index in [-0.39, 0.29) is 12.0 Å². The van der Waals surface area contributed by atoms with E-state index in [1.807, 2.05) is 36.4 Å². The zero-order chi connectivity index (χ0) is 31.1. The van der Waals surface area contributed by atoms with Crippen LogP contribution in [0.25, 0.3) is 59.9 Å². The number of aromatic carboxylic acids is 1. The fourth-order valence-electron chi connectivity index (χ4n) is 5.11. The Hall–Kier alpha value is -4.12. The number of carboxylic acid groups (broad SMARTS) is 2. The maximum absolute atomic E-state index is 11.8. The number of carbonyl (C=O) groups is 2. The van der Waals surface area contributed by atoms with Crippen molar-refractivity contribution in [2.75, 3.05) is 0 Å². The highest BCUT2D eigenvalue weighted by atomic mass is 32.1. The van der Waals surface area contributed by atoms with Crippen LogP contribution in [0.15, 0.2) is 103 Å². The molecule has 0 saturated carbocycles. The molecule has 0 spiro atoms. The number of thiophene rings is 5. The van der Waals surface area contributed by atoms with Crippen LogP contribution >= 0.6 is 56.7 Å². The van der Waals surface area contributed by atoms with Crippen molar-refractivity contribution in [3.8, 4) is 59.9 Å². The van der Waals surface area contributed by atoms with Crippen molar-refractivity contribution in [3.63, 3.8) is 0 Å². The highest BCUT2D eigenvalue weighted by Gasteiger charge is 2.19. The quantitative estimate of drug-likeness (QED) is 0.159. The van der Waals surface area contributed by atoms with E-state index in [1.54, 1.807) is 68.8 Å². The van der Waals surface area contributed by atoms with Crippen LogP contribution in [0.4, 0.5) is 0 Å². The lowest BCUT2D eigenvalue weighted by Gasteiger charge is -1.99. The number of benzene rings is 2. The van der Waals surface area contributed by atoms with Crippen molar-refractivity contribution in [2.24, 2.45) is 0 Å². The molecule has 2 aromatic carbocycles. The Morgan fingerprint density at radius 2 is 1.04 bits per heavy atom. The van der Waals surface area contributed by atoms with Gasteiger partial charge in [0.1, 0.15) is 0 Å². The van der Waals surface area contributed by atoms with Crippen molar-refractivity contribution in [1.82, 2.24) is 0 Å². The highest BCUT2D eigenvalue weighted by molar-refractivity contribution is 7.30. The maximum atomic E-state index is 11.8. The summed E-state index contributed by atoms with van der Waals surface area (Å²) in [5.41, 5.74) is 4.51. The number of carboxylic acids is 2. The van der Waals surface area contributed by atoms with Crippen LogP contribution in [-0.4, -0.2) is 22.2 Å². The molecule has 0 aliphatic rings. The highest BCUT2D eigenvalue weighted by Crippen LogP contribution is 2.48. The Kier molecular flexibility index (Phi) is 8.12. The Bertz CT molecular complexity index is 2160. The number of aryl methyl sites for hydroxylation is 1. The Morgan fingerprint density at radius 3 is 1.67 bits per heavy atom. The molecular weight excluding hydrogens is 657 g/mol. The van der Waals surface area contributed by atoms with Gasteiger partial charge in [-0.25, -0.2) is 4.79 Å². The number of hydrogen-bond donors (Lipinski definition) is 2. The van der Waals surface area contributed by atoms with E-state index in [9.17, 15) is 19.8 Å². The minimum Gasteiger partial charge on any atom is -0.481 e. The number of hydrogen-bond acceptors (Lipinski definition) is 7. The molecule has 222 valence electrons. The molecule has 5 heterocycles. The van der Waals surface area contributed by atoms with E-state index in [0.717, 1.165) is 46.0 Å². The zero-order valence-electron chi connectivity index (χ0n) is 23.8. The van der Waals surface area contributed by atoms with Crippen molar-refractivity contribution >= 4 is 68.6 Å². The molecule has 7 rings (SSSR count). The van der Waals surface area contributed by atoms with E-state index < -0.39 is 11.9 Å². The van der Waals surface area contributed by atoms with Gasteiger partial charge in [0.2, 0.25) is 0 Å². The predicted molar refractivity (Wildman–Crippen MR) is 191 cm³/mol. The molecule has 0 unspecified atom stereocenters. The predicted octanol–water partition coefficient (Wildman–Crippen LogP) is 11.6. The van der Waals surface area contributed by atoms with Crippen LogP contribution in [0.1, 0.15) is 21.5 Å². The van der Waals surface area contributed by atoms with Crippen LogP contribution < -0.4 is 0 Å². The normalized spacial score (nSPS) is 11.2. The van der Waals surface area contributed by atoms with Gasteiger partial charge in [-0.05, 0) is 89.8 Å². The fourth-order valence-corrected chi connectivity index (χ4v) is 11.0. The molecule has 2 N–H and O–H groups in total. The van der Waals surface area contributed by atoms with E-state index in [4.69, 9.17) is 0 Å². The largest absolute Gasteiger partial charge is 0.481 e. The molecule has 7 aromatic rings. The Labute approximate surface area is 279 Å². The van der Waals surface area contributed by atoms with Gasteiger partial charge in [-0.1, -0.05) is 42.5 Å². The average molecular weight is 681 g/mol. The standard InChI is InChI=1S/C36H24O4S5/c1-20-17-31(44-34(20)29-15-11-26(41-29)22-7-9-23(10-8-22)36(39)40)27-13-14-28(43-27)32-18-24(19-33(37)38)35(45-32)30-16-12-25(42-30)21-5-3-2-4-6-21/h2-18H,19H2,1H3,(H,37,38)(H,39,40). The van der Waals surface area contributed by atoms with Gasteiger partial charge in [0.05, 0.1) is 12.0 Å². The van der Waals surface area contributed by atoms with Gasteiger partial charge in [-0.2, -0.15) is 0 Å². The van der Waals surface area contributed by atoms with Crippen molar-refractivity contribution < 1.29 is 19.8 Å². The Morgan fingerprint density at radius 1 is 0.533 bits per heavy atom. The van der Waals surface area contributed by atoms with Gasteiger partial charge in [0.15, 0.2) is 0 Å². The summed E-state index contributed by atoms with van der Waals surface area (Å²) in [5.74, 6) is -1.75. The molecule has 0 atom stereocenters. The van der Waals surface area contributed by atoms with Gasteiger partial charge < -0.3 is 10.2 Å². The van der Waals surface area contributed by atoms with Crippen molar-refractivity contribution in [1.29, 1.82) is 0 Å². The summed E-state index contributed by atoms with van der Waals surface area (Å²) in [6.07, 6.45) is -0.0113. The summed E-state index contributed by atoms with van der Waals surface area (Å²) >= 11 is 8.57. The molecule has 5 aromatic heterocycles. The van der Waals surface area contributed by atoms with Crippen LogP contribution in [0, 0.1) is 6.92 Å². The minimum atomic E-state index is -0.924. The lowest BCUT2D eigenvalue weighted by atomic mass is 10.1. The van der Waals surface area contributed by atoms with Crippen LogP contribution in [0.3, 0.4) is 0 Å². The molecule has 45 heavy (non-hydrogen) atoms. The summed E-state index contributed by atoms with van der Waals surface area (Å²) in [7, 11) is 0. The molecule has 0 aliphatic heterocycles. The van der Waals surface area contributed by atoms with E-state index >= 15 is 0 Å². The molecule has 4 nitrogen and oxygen atoms in total. The monoisotopic (exact) mass is 680 g/mol. The fraction of sp³-hybridized carbons (Fsp3) is 0.0556. The van der Waals surface area contributed by atoms with Gasteiger partial charge in [-0.3, -0.25) is 4.79 Å². The molecule has 0 saturated heterocycles. The lowest BCUT2D eigenvalue weighted by molar-refractivity contribution is -0.136. The molecule has 0 fully saturated rings. The first-order chi connectivity index (χ1) is 21.8. The van der Waals surface area contributed by atoms with E-state index in [1.165, 1.54) is 25.1 Å². The first-order valence-electron chi connectivity index (χ1n) is 14.0. The van der Waals surface area contributed by atoms with Gasteiger partial charge in [0.25, 0.3) is 0 Å². The maximum Gasteiger partial charge on any atom is 0.335 e. The summed E-state index contributed by atoms with van der Waals surface area (Å²) in [6, 6.07) is 34.3. The first kappa shape index (κ1) is 29.6. The van der Waals surface area contributed by atoms with Gasteiger partial charge in [-0.15, -0.1) is 56.7 Å². The number of rotatable bonds is 9. The van der Waals surface area contributed by atoms with Gasteiger partial charge >= 0.3 is 11.9 Å². The second-order valence-corrected chi connectivity index (χ2v) is 15.8. The second kappa shape index (κ2) is 12.3. The molecule has 0 bridgehead atoms. The van der Waals surface area contributed by atoms with E-state index in [2.05, 4.69) is 61.5 Å². The average Bonchev–Trinajstić information content (AvgIpc) is 3.86. The van der Waals surface area contributed by atoms with Crippen molar-refractivity contribution in [2.45, 2.75) is 13.3 Å². The molecule has 9 heteroatoms. The summed E-state index contributed by atoms with van der Waals surface area (Å²) in [4.78, 5) is 34.4. The molecule has 0 radical (unpaired) electrons. The van der Waals surface area contributed by atoms with Crippen LogP contribution in [-0.2, 0) is 11.2 Å². The Balaban J connectivity index is 1.16. The minimum absolute atomic E-state index is 0.0113. The third kappa shape index (κ3) is 6.10. The molecule has 0 aliphatic carbocycles. The van der Waals surface area contributed by atoms with Gasteiger partial charge in [0, 0.05) is 48.8 Å². The first-order valence-corrected chi connectivity index (χ1v) is 18.1. The third-order valence-electron chi connectivity index (χ3n) is 7.29. The summed E-state index contributed by atoms with van der Waals surface area (Å²) < 4.78 is 0. The van der Waals surface area contributed by atoms with Crippen LogP contribution in [0.2, 0.25) is 0 Å². The summed E-state index contributed by atoms with van der Waals surface area (Å²) in [5, 5.41) is 18.9. The molecule has 0 amide bonds. The zero-order valence-corrected chi connectivity index (χ0v) is 27.9. The SMILES string of the molecule is Cc1cc(-c2ccc(-c3cc(CC(=O)O)c(-c4ccc(-c5ccccc5)s4)s3)s2)sc1-c1ccc(-c2ccc(C(=O)O)cc2)s1. The smallest absolute Gasteiger partial charge is 0.335 e. The topological polar surface area (TPSA) is 74.6 Å². The summed E-state index contributed by atoms with van der Waals surface area (Å²) in [6.45, 7) is 2.14. The van der Waals surface area contributed by atoms with E-state index in [0.29, 0.717) is 0 Å². The third-order valence-corrected chi connectivity index (χ3v) is 13.8. The second-order valence-electron chi connectivity index (χ2n) is 10.4.